The predicted molar refractivity (Wildman–Crippen MR) is 156 cm³/mol. The molecule has 2 aromatic carbocycles. The molecule has 1 aliphatic heterocycles. The number of carbonyl (C=O) groups excluding carboxylic acids is 2. The van der Waals surface area contributed by atoms with Crippen molar-refractivity contribution in [2.24, 2.45) is 5.92 Å². The van der Waals surface area contributed by atoms with Gasteiger partial charge in [0.15, 0.2) is 10.1 Å². The maximum Gasteiger partial charge on any atom is 0.296 e. The maximum atomic E-state index is 14.1. The average molecular weight is 596 g/mol. The number of hydrogen-bond acceptors (Lipinski definition) is 9. The van der Waals surface area contributed by atoms with Gasteiger partial charge >= 0.3 is 0 Å². The van der Waals surface area contributed by atoms with Gasteiger partial charge in [-0.3, -0.25) is 14.5 Å². The van der Waals surface area contributed by atoms with Crippen molar-refractivity contribution in [3.8, 4) is 5.75 Å². The zero-order valence-corrected chi connectivity index (χ0v) is 24.2. The van der Waals surface area contributed by atoms with Crippen molar-refractivity contribution in [1.82, 2.24) is 10.2 Å². The second kappa shape index (κ2) is 12.3. The molecule has 0 aliphatic carbocycles. The third-order valence-corrected chi connectivity index (χ3v) is 9.22. The second-order valence-corrected chi connectivity index (χ2v) is 12.6. The number of rotatable bonds is 11. The summed E-state index contributed by atoms with van der Waals surface area (Å²) in [5.74, 6) is -0.695. The van der Waals surface area contributed by atoms with Crippen LogP contribution >= 0.6 is 34.4 Å². The molecule has 2 aromatic heterocycles. The summed E-state index contributed by atoms with van der Waals surface area (Å²) < 4.78 is 20.6. The third kappa shape index (κ3) is 5.96. The number of carbonyl (C=O) groups is 2. The number of aliphatic hydroxyl groups excluding tert-OH is 1. The lowest BCUT2D eigenvalue weighted by atomic mass is 9.95. The Morgan fingerprint density at radius 1 is 1.15 bits per heavy atom. The van der Waals surface area contributed by atoms with Crippen molar-refractivity contribution in [3.05, 3.63) is 99.2 Å². The normalized spacial score (nSPS) is 15.3. The van der Waals surface area contributed by atoms with E-state index < -0.39 is 23.5 Å². The summed E-state index contributed by atoms with van der Waals surface area (Å²) in [5.41, 5.74) is 1.09. The minimum atomic E-state index is -0.937. The molecule has 3 heterocycles. The predicted octanol–water partition coefficient (Wildman–Crippen LogP) is 7.24. The molecule has 40 heavy (non-hydrogen) atoms. The Hall–Kier alpha value is -3.54. The number of thioether (sulfide) groups is 1. The standard InChI is InChI=1S/C29H26FN3O4S3/c1-17(2)12-13-37-20-9-5-8-18(15-20)24-23(25(34)22-11-6-14-38-22)26(35)27(36)33(24)28-31-32-29(40-28)39-16-19-7-3-4-10-21(19)30/h3-11,14-15,17,24,35H,12-13,16H2,1-2H3. The van der Waals surface area contributed by atoms with Crippen LogP contribution in [0, 0.1) is 11.7 Å². The number of anilines is 1. The number of hydrogen-bond donors (Lipinski definition) is 1. The van der Waals surface area contributed by atoms with Gasteiger partial charge in [0.2, 0.25) is 10.9 Å². The number of aliphatic hydroxyl groups is 1. The van der Waals surface area contributed by atoms with Crippen LogP contribution in [0.25, 0.3) is 0 Å². The first-order chi connectivity index (χ1) is 19.3. The van der Waals surface area contributed by atoms with Gasteiger partial charge in [0.1, 0.15) is 11.6 Å². The van der Waals surface area contributed by atoms with Crippen LogP contribution in [0.4, 0.5) is 9.52 Å². The molecule has 1 unspecified atom stereocenters. The minimum absolute atomic E-state index is 0.0254. The molecule has 1 atom stereocenters. The van der Waals surface area contributed by atoms with Gasteiger partial charge in [-0.1, -0.05) is 73.3 Å². The SMILES string of the molecule is CC(C)CCOc1cccc(C2C(C(=O)c3cccs3)=C(O)C(=O)N2c2nnc(SCc3ccccc3F)s2)c1. The summed E-state index contributed by atoms with van der Waals surface area (Å²) >= 11 is 3.66. The monoisotopic (exact) mass is 595 g/mol. The molecule has 5 rings (SSSR count). The molecule has 11 heteroatoms. The van der Waals surface area contributed by atoms with Crippen molar-refractivity contribution < 1.29 is 23.8 Å². The number of amides is 1. The highest BCUT2D eigenvalue weighted by molar-refractivity contribution is 8.00. The first-order valence-corrected chi connectivity index (χ1v) is 15.3. The smallest absolute Gasteiger partial charge is 0.296 e. The lowest BCUT2D eigenvalue weighted by Crippen LogP contribution is -2.31. The number of Topliss-reactive ketones (excluding diaryl/α,β-unsaturated/α-hetero) is 1. The van der Waals surface area contributed by atoms with Crippen molar-refractivity contribution >= 4 is 51.3 Å². The molecule has 0 saturated carbocycles. The quantitative estimate of drug-likeness (QED) is 0.111. The Labute approximate surface area is 243 Å². The number of ether oxygens (including phenoxy) is 1. The number of nitrogens with zero attached hydrogens (tertiary/aromatic N) is 3. The molecule has 0 fully saturated rings. The summed E-state index contributed by atoms with van der Waals surface area (Å²) in [4.78, 5) is 28.7. The molecule has 0 bridgehead atoms. The number of thiophene rings is 1. The fourth-order valence-electron chi connectivity index (χ4n) is 4.19. The summed E-state index contributed by atoms with van der Waals surface area (Å²) in [6.45, 7) is 4.75. The number of benzene rings is 2. The fraction of sp³-hybridized carbons (Fsp3) is 0.241. The lowest BCUT2D eigenvalue weighted by molar-refractivity contribution is -0.117. The summed E-state index contributed by atoms with van der Waals surface area (Å²) in [6.07, 6.45) is 0.874. The van der Waals surface area contributed by atoms with E-state index in [0.717, 1.165) is 17.8 Å². The van der Waals surface area contributed by atoms with E-state index in [0.29, 0.717) is 44.4 Å². The Kier molecular flexibility index (Phi) is 8.63. The topological polar surface area (TPSA) is 92.6 Å². The van der Waals surface area contributed by atoms with Crippen LogP contribution in [-0.2, 0) is 10.5 Å². The lowest BCUT2D eigenvalue weighted by Gasteiger charge is -2.24. The Bertz CT molecular complexity index is 1550. The summed E-state index contributed by atoms with van der Waals surface area (Å²) in [6, 6.07) is 16.1. The van der Waals surface area contributed by atoms with E-state index in [-0.39, 0.29) is 16.5 Å². The van der Waals surface area contributed by atoms with E-state index in [4.69, 9.17) is 4.74 Å². The molecule has 1 amide bonds. The summed E-state index contributed by atoms with van der Waals surface area (Å²) in [5, 5.41) is 21.4. The average Bonchev–Trinajstić information content (AvgIpc) is 3.69. The Balaban J connectivity index is 1.48. The second-order valence-electron chi connectivity index (χ2n) is 9.48. The molecule has 4 aromatic rings. The van der Waals surface area contributed by atoms with Gasteiger partial charge in [-0.05, 0) is 53.1 Å². The van der Waals surface area contributed by atoms with Crippen LogP contribution in [0.2, 0.25) is 0 Å². The zero-order chi connectivity index (χ0) is 28.2. The molecule has 206 valence electrons. The highest BCUT2D eigenvalue weighted by Gasteiger charge is 2.46. The number of ketones is 1. The minimum Gasteiger partial charge on any atom is -0.503 e. The highest BCUT2D eigenvalue weighted by atomic mass is 32.2. The molecule has 1 aliphatic rings. The van der Waals surface area contributed by atoms with Crippen LogP contribution in [-0.4, -0.2) is 33.6 Å². The molecule has 0 spiro atoms. The van der Waals surface area contributed by atoms with E-state index in [1.807, 2.05) is 6.07 Å². The number of halogens is 1. The Morgan fingerprint density at radius 3 is 2.73 bits per heavy atom. The fourth-order valence-corrected chi connectivity index (χ4v) is 6.72. The van der Waals surface area contributed by atoms with Gasteiger partial charge in [-0.2, -0.15) is 0 Å². The van der Waals surface area contributed by atoms with Crippen LogP contribution in [0.3, 0.4) is 0 Å². The molecule has 1 N–H and O–H groups in total. The number of aromatic nitrogens is 2. The van der Waals surface area contributed by atoms with Gasteiger partial charge in [-0.15, -0.1) is 21.5 Å². The maximum absolute atomic E-state index is 14.1. The van der Waals surface area contributed by atoms with E-state index >= 15 is 0 Å². The van der Waals surface area contributed by atoms with E-state index in [1.165, 1.54) is 34.1 Å². The highest BCUT2D eigenvalue weighted by Crippen LogP contribution is 2.44. The first kappa shape index (κ1) is 28.0. The van der Waals surface area contributed by atoms with Crippen molar-refractivity contribution in [2.75, 3.05) is 11.5 Å². The summed E-state index contributed by atoms with van der Waals surface area (Å²) in [7, 11) is 0. The van der Waals surface area contributed by atoms with E-state index in [1.54, 1.807) is 53.9 Å². The van der Waals surface area contributed by atoms with Crippen molar-refractivity contribution in [3.63, 3.8) is 0 Å². The van der Waals surface area contributed by atoms with Crippen molar-refractivity contribution in [1.29, 1.82) is 0 Å². The molecule has 0 saturated heterocycles. The van der Waals surface area contributed by atoms with Crippen LogP contribution in [0.1, 0.15) is 47.1 Å². The molecule has 7 nitrogen and oxygen atoms in total. The third-order valence-electron chi connectivity index (χ3n) is 6.25. The van der Waals surface area contributed by atoms with Gasteiger partial charge in [0.25, 0.3) is 5.91 Å². The molecular formula is C29H26FN3O4S3. The van der Waals surface area contributed by atoms with Crippen LogP contribution in [0.15, 0.2) is 81.7 Å². The van der Waals surface area contributed by atoms with Crippen LogP contribution < -0.4 is 9.64 Å². The van der Waals surface area contributed by atoms with Crippen LogP contribution in [0.5, 0.6) is 5.75 Å². The largest absolute Gasteiger partial charge is 0.503 e. The molecular weight excluding hydrogens is 570 g/mol. The van der Waals surface area contributed by atoms with E-state index in [9.17, 15) is 19.1 Å². The Morgan fingerprint density at radius 2 is 1.98 bits per heavy atom. The van der Waals surface area contributed by atoms with Gasteiger partial charge in [-0.25, -0.2) is 4.39 Å². The molecule has 0 radical (unpaired) electrons. The first-order valence-electron chi connectivity index (χ1n) is 12.6. The zero-order valence-electron chi connectivity index (χ0n) is 21.7. The van der Waals surface area contributed by atoms with Gasteiger partial charge in [0, 0.05) is 5.75 Å². The van der Waals surface area contributed by atoms with Crippen molar-refractivity contribution in [2.45, 2.75) is 36.4 Å². The van der Waals surface area contributed by atoms with E-state index in [2.05, 4.69) is 24.0 Å². The van der Waals surface area contributed by atoms with Gasteiger partial charge < -0.3 is 9.84 Å². The van der Waals surface area contributed by atoms with Gasteiger partial charge in [0.05, 0.1) is 23.1 Å².